The van der Waals surface area contributed by atoms with Crippen LogP contribution in [0.1, 0.15) is 33.6 Å². The Morgan fingerprint density at radius 2 is 1.60 bits per heavy atom. The largest absolute Gasteiger partial charge is 0.0622 e. The molecule has 0 nitrogen and oxygen atoms in total. The molecule has 2 aliphatic rings. The van der Waals surface area contributed by atoms with Gasteiger partial charge in [0.1, 0.15) is 0 Å². The molecular formula is C10H18. The van der Waals surface area contributed by atoms with Crippen LogP contribution in [0.15, 0.2) is 0 Å². The molecular weight excluding hydrogens is 120 g/mol. The van der Waals surface area contributed by atoms with E-state index >= 15 is 0 Å². The molecule has 10 heavy (non-hydrogen) atoms. The quantitative estimate of drug-likeness (QED) is 0.483. The van der Waals surface area contributed by atoms with Crippen LogP contribution in [0.5, 0.6) is 0 Å². The number of hydrogen-bond donors (Lipinski definition) is 0. The maximum Gasteiger partial charge on any atom is -0.0357 e. The minimum absolute atomic E-state index is 1.02. The summed E-state index contributed by atoms with van der Waals surface area (Å²) < 4.78 is 0. The van der Waals surface area contributed by atoms with Gasteiger partial charge in [0.15, 0.2) is 0 Å². The lowest BCUT2D eigenvalue weighted by Crippen LogP contribution is -2.22. The molecule has 0 radical (unpaired) electrons. The van der Waals surface area contributed by atoms with Gasteiger partial charge in [-0.25, -0.2) is 0 Å². The molecule has 2 unspecified atom stereocenters. The molecule has 0 aromatic heterocycles. The third-order valence-corrected chi connectivity index (χ3v) is 4.23. The van der Waals surface area contributed by atoms with E-state index in [9.17, 15) is 0 Å². The average molecular weight is 138 g/mol. The first-order valence-electron chi connectivity index (χ1n) is 4.70. The Morgan fingerprint density at radius 3 is 2.00 bits per heavy atom. The molecule has 2 rings (SSSR count). The maximum absolute atomic E-state index is 2.45. The van der Waals surface area contributed by atoms with Crippen molar-refractivity contribution < 1.29 is 0 Å². The highest BCUT2D eigenvalue weighted by molar-refractivity contribution is 4.95. The Labute approximate surface area is 64.0 Å². The summed E-state index contributed by atoms with van der Waals surface area (Å²) in [6, 6.07) is 0. The van der Waals surface area contributed by atoms with Crippen LogP contribution in [0.25, 0.3) is 0 Å². The van der Waals surface area contributed by atoms with Crippen molar-refractivity contribution in [1.29, 1.82) is 0 Å². The lowest BCUT2D eigenvalue weighted by molar-refractivity contribution is 0.201. The van der Waals surface area contributed by atoms with Crippen molar-refractivity contribution in [2.24, 2.45) is 29.6 Å². The van der Waals surface area contributed by atoms with Gasteiger partial charge in [-0.2, -0.15) is 0 Å². The monoisotopic (exact) mass is 138 g/mol. The molecule has 2 fully saturated rings. The normalized spacial score (nSPS) is 59.7. The van der Waals surface area contributed by atoms with Crippen molar-refractivity contribution in [3.63, 3.8) is 0 Å². The smallest absolute Gasteiger partial charge is 0.0357 e. The molecule has 0 saturated heterocycles. The van der Waals surface area contributed by atoms with Gasteiger partial charge in [0.05, 0.1) is 0 Å². The van der Waals surface area contributed by atoms with Gasteiger partial charge in [-0.1, -0.05) is 20.8 Å². The van der Waals surface area contributed by atoms with E-state index in [1.807, 2.05) is 0 Å². The first-order chi connectivity index (χ1) is 4.70. The van der Waals surface area contributed by atoms with Gasteiger partial charge in [0.25, 0.3) is 0 Å². The molecule has 5 atom stereocenters. The molecule has 0 aromatic rings. The molecule has 0 amide bonds. The van der Waals surface area contributed by atoms with Crippen molar-refractivity contribution in [3.8, 4) is 0 Å². The van der Waals surface area contributed by atoms with E-state index in [1.54, 1.807) is 6.42 Å². The van der Waals surface area contributed by atoms with Gasteiger partial charge < -0.3 is 0 Å². The number of fused-ring (bicyclic) bond motifs is 2. The van der Waals surface area contributed by atoms with E-state index in [4.69, 9.17) is 0 Å². The van der Waals surface area contributed by atoms with E-state index in [0.717, 1.165) is 29.6 Å². The highest BCUT2D eigenvalue weighted by Gasteiger charge is 2.46. The Kier molecular flexibility index (Phi) is 1.33. The standard InChI is InChI=1S/C10H18/c1-6-4-9-5-10(6)8(3)7(9)2/h6-10H,4-5H2,1-3H3/t6-,7-,8+,9?,10?/m1/s1. The topological polar surface area (TPSA) is 0 Å². The molecule has 0 N–H and O–H groups in total. The summed E-state index contributed by atoms with van der Waals surface area (Å²) in [7, 11) is 0. The second kappa shape index (κ2) is 1.99. The molecule has 0 heteroatoms. The summed E-state index contributed by atoms with van der Waals surface area (Å²) in [5.74, 6) is 5.26. The van der Waals surface area contributed by atoms with Gasteiger partial charge in [0.2, 0.25) is 0 Å². The zero-order valence-electron chi connectivity index (χ0n) is 7.30. The minimum atomic E-state index is 1.02. The van der Waals surface area contributed by atoms with Gasteiger partial charge in [-0.15, -0.1) is 0 Å². The van der Waals surface area contributed by atoms with Crippen LogP contribution < -0.4 is 0 Å². The third kappa shape index (κ3) is 0.681. The van der Waals surface area contributed by atoms with Gasteiger partial charge in [0, 0.05) is 0 Å². The summed E-state index contributed by atoms with van der Waals surface area (Å²) in [6.07, 6.45) is 3.07. The van der Waals surface area contributed by atoms with Gasteiger partial charge in [-0.3, -0.25) is 0 Å². The second-order valence-corrected chi connectivity index (χ2v) is 4.59. The molecule has 0 heterocycles. The first kappa shape index (κ1) is 6.69. The number of rotatable bonds is 0. The molecule has 0 spiro atoms. The zero-order valence-corrected chi connectivity index (χ0v) is 7.30. The molecule has 2 bridgehead atoms. The molecule has 58 valence electrons. The molecule has 2 aliphatic carbocycles. The fraction of sp³-hybridized carbons (Fsp3) is 1.00. The van der Waals surface area contributed by atoms with Crippen LogP contribution in [0.2, 0.25) is 0 Å². The number of hydrogen-bond acceptors (Lipinski definition) is 0. The maximum atomic E-state index is 2.45. The predicted molar refractivity (Wildman–Crippen MR) is 43.7 cm³/mol. The highest BCUT2D eigenvalue weighted by atomic mass is 14.5. The van der Waals surface area contributed by atoms with Gasteiger partial charge >= 0.3 is 0 Å². The summed E-state index contributed by atoms with van der Waals surface area (Å²) in [5.41, 5.74) is 0. The lowest BCUT2D eigenvalue weighted by atomic mass is 9.77. The molecule has 0 aliphatic heterocycles. The van der Waals surface area contributed by atoms with Crippen molar-refractivity contribution in [2.45, 2.75) is 33.6 Å². The highest BCUT2D eigenvalue weighted by Crippen LogP contribution is 2.54. The fourth-order valence-corrected chi connectivity index (χ4v) is 3.31. The van der Waals surface area contributed by atoms with Crippen LogP contribution in [0, 0.1) is 29.6 Å². The summed E-state index contributed by atoms with van der Waals surface area (Å²) >= 11 is 0. The van der Waals surface area contributed by atoms with Crippen LogP contribution in [0.3, 0.4) is 0 Å². The predicted octanol–water partition coefficient (Wildman–Crippen LogP) is 2.93. The van der Waals surface area contributed by atoms with Crippen molar-refractivity contribution in [2.75, 3.05) is 0 Å². The van der Waals surface area contributed by atoms with Gasteiger partial charge in [-0.05, 0) is 42.4 Å². The van der Waals surface area contributed by atoms with Crippen LogP contribution in [0.4, 0.5) is 0 Å². The lowest BCUT2D eigenvalue weighted by Gasteiger charge is -2.29. The molecule has 0 aromatic carbocycles. The Morgan fingerprint density at radius 1 is 0.900 bits per heavy atom. The second-order valence-electron chi connectivity index (χ2n) is 4.59. The van der Waals surface area contributed by atoms with Crippen LogP contribution in [-0.4, -0.2) is 0 Å². The Hall–Kier alpha value is 0. The zero-order chi connectivity index (χ0) is 7.30. The fourth-order valence-electron chi connectivity index (χ4n) is 3.31. The Bertz CT molecular complexity index is 137. The van der Waals surface area contributed by atoms with Crippen molar-refractivity contribution in [3.05, 3.63) is 0 Å². The SMILES string of the molecule is C[C@@H]1CC2CC1[C@@H](C)[C@H]2C. The summed E-state index contributed by atoms with van der Waals surface area (Å²) in [6.45, 7) is 7.33. The third-order valence-electron chi connectivity index (χ3n) is 4.23. The summed E-state index contributed by atoms with van der Waals surface area (Å²) in [4.78, 5) is 0. The van der Waals surface area contributed by atoms with Crippen molar-refractivity contribution in [1.82, 2.24) is 0 Å². The van der Waals surface area contributed by atoms with Crippen molar-refractivity contribution >= 4 is 0 Å². The summed E-state index contributed by atoms with van der Waals surface area (Å²) in [5, 5.41) is 0. The average Bonchev–Trinajstić information content (AvgIpc) is 2.36. The van der Waals surface area contributed by atoms with Crippen LogP contribution >= 0.6 is 0 Å². The Balaban J connectivity index is 2.16. The van der Waals surface area contributed by atoms with E-state index < -0.39 is 0 Å². The van der Waals surface area contributed by atoms with E-state index in [-0.39, 0.29) is 0 Å². The minimum Gasteiger partial charge on any atom is -0.0622 e. The van der Waals surface area contributed by atoms with E-state index in [0.29, 0.717) is 0 Å². The molecule has 2 saturated carbocycles. The van der Waals surface area contributed by atoms with Crippen LogP contribution in [-0.2, 0) is 0 Å². The van der Waals surface area contributed by atoms with E-state index in [1.165, 1.54) is 6.42 Å². The first-order valence-corrected chi connectivity index (χ1v) is 4.70. The van der Waals surface area contributed by atoms with E-state index in [2.05, 4.69) is 20.8 Å².